The number of nitrogens with zero attached hydrogens (tertiary/aromatic N) is 3. The molecule has 0 radical (unpaired) electrons. The smallest absolute Gasteiger partial charge is 0.390 e. The van der Waals surface area contributed by atoms with E-state index >= 15 is 0 Å². The van der Waals surface area contributed by atoms with Gasteiger partial charge in [0.25, 0.3) is 0 Å². The lowest BCUT2D eigenvalue weighted by Gasteiger charge is -2.09. The number of alkyl halides is 1. The van der Waals surface area contributed by atoms with Crippen molar-refractivity contribution in [3.8, 4) is 0 Å². The second kappa shape index (κ2) is 8.14. The average Bonchev–Trinajstić information content (AvgIpc) is 2.62. The summed E-state index contributed by atoms with van der Waals surface area (Å²) in [6, 6.07) is 0. The first kappa shape index (κ1) is 16.0. The summed E-state index contributed by atoms with van der Waals surface area (Å²) in [7, 11) is 0. The normalized spacial score (nSPS) is 11.9. The fourth-order valence-electron chi connectivity index (χ4n) is 1.13. The number of hydrogen-bond donors (Lipinski definition) is 2. The van der Waals surface area contributed by atoms with Gasteiger partial charge in [-0.1, -0.05) is 27.6 Å². The highest BCUT2D eigenvalue weighted by Gasteiger charge is 2.16. The average molecular weight is 454 g/mol. The highest BCUT2D eigenvalue weighted by Crippen LogP contribution is 2.07. The lowest BCUT2D eigenvalue weighted by atomic mass is 10.3. The molecule has 0 aliphatic carbocycles. The van der Waals surface area contributed by atoms with Gasteiger partial charge in [-0.05, 0) is 4.92 Å². The van der Waals surface area contributed by atoms with Gasteiger partial charge < -0.3 is 20.5 Å². The summed E-state index contributed by atoms with van der Waals surface area (Å²) in [5, 5.41) is 23.0. The Morgan fingerprint density at radius 3 is 3.00 bits per heavy atom. The zero-order valence-electron chi connectivity index (χ0n) is 8.24. The van der Waals surface area contributed by atoms with E-state index in [4.69, 9.17) is 0 Å². The van der Waals surface area contributed by atoms with E-state index in [-0.39, 0.29) is 36.5 Å². The van der Waals surface area contributed by atoms with Crippen molar-refractivity contribution in [2.24, 2.45) is 0 Å². The van der Waals surface area contributed by atoms with E-state index in [0.717, 1.165) is 4.55 Å². The van der Waals surface area contributed by atoms with Crippen molar-refractivity contribution in [1.82, 2.24) is 14.9 Å². The molecule has 2 N–H and O–H groups in total. The highest BCUT2D eigenvalue weighted by atomic mass is 127. The van der Waals surface area contributed by atoms with Gasteiger partial charge >= 0.3 is 5.95 Å². The summed E-state index contributed by atoms with van der Waals surface area (Å²) < 4.78 is 2.04. The molecule has 16 heavy (non-hydrogen) atoms. The van der Waals surface area contributed by atoms with Gasteiger partial charge in [-0.15, -0.1) is 24.0 Å². The predicted molar refractivity (Wildman–Crippen MR) is 77.2 cm³/mol. The molecule has 1 aromatic heterocycles. The maximum absolute atomic E-state index is 10.5. The van der Waals surface area contributed by atoms with E-state index in [2.05, 4.69) is 32.9 Å². The Balaban J connectivity index is 0.00000225. The summed E-state index contributed by atoms with van der Waals surface area (Å²) >= 11 is 2.12. The van der Waals surface area contributed by atoms with Crippen LogP contribution in [0.15, 0.2) is 12.4 Å². The summed E-state index contributed by atoms with van der Waals surface area (Å²) in [6.45, 7) is 0.568. The van der Waals surface area contributed by atoms with E-state index in [9.17, 15) is 15.2 Å². The van der Waals surface area contributed by atoms with E-state index in [0.29, 0.717) is 6.54 Å². The predicted octanol–water partition coefficient (Wildman–Crippen LogP) is 0.752. The molecule has 1 rings (SSSR count). The molecule has 0 aliphatic rings. The lowest BCUT2D eigenvalue weighted by Crippen LogP contribution is -2.29. The van der Waals surface area contributed by atoms with Crippen molar-refractivity contribution in [2.45, 2.75) is 12.6 Å². The minimum Gasteiger partial charge on any atom is -0.390 e. The maximum atomic E-state index is 10.5. The van der Waals surface area contributed by atoms with Crippen LogP contribution in [0.4, 0.5) is 5.95 Å². The van der Waals surface area contributed by atoms with Gasteiger partial charge in [0.05, 0.1) is 12.6 Å². The maximum Gasteiger partial charge on any atom is 0.434 e. The van der Waals surface area contributed by atoms with Crippen molar-refractivity contribution < 1.29 is 10.0 Å². The van der Waals surface area contributed by atoms with Crippen LogP contribution >= 0.6 is 46.6 Å². The minimum atomic E-state index is -0.660. The zero-order chi connectivity index (χ0) is 11.3. The lowest BCUT2D eigenvalue weighted by molar-refractivity contribution is -0.397. The van der Waals surface area contributed by atoms with E-state index in [1.807, 2.05) is 0 Å². The van der Waals surface area contributed by atoms with Crippen LogP contribution < -0.4 is 5.32 Å². The molecule has 0 bridgehead atoms. The van der Waals surface area contributed by atoms with Crippen LogP contribution in [0.1, 0.15) is 0 Å². The first-order valence-electron chi connectivity index (χ1n) is 4.25. The van der Waals surface area contributed by atoms with Gasteiger partial charge in [0.15, 0.2) is 0 Å². The molecule has 0 saturated heterocycles. The van der Waals surface area contributed by atoms with Crippen LogP contribution in [0.2, 0.25) is 0 Å². The molecule has 0 aliphatic heterocycles. The number of aliphatic hydroxyl groups is 1. The van der Waals surface area contributed by atoms with Gasteiger partial charge in [-0.3, -0.25) is 0 Å². The Hall–Kier alpha value is -0.0100. The second-order valence-corrected chi connectivity index (χ2v) is 3.64. The number of imidazole rings is 1. The van der Waals surface area contributed by atoms with Gasteiger partial charge in [0.1, 0.15) is 12.4 Å². The largest absolute Gasteiger partial charge is 0.434 e. The Kier molecular flexibility index (Phi) is 8.13. The zero-order valence-corrected chi connectivity index (χ0v) is 12.7. The molecule has 0 fully saturated rings. The van der Waals surface area contributed by atoms with Gasteiger partial charge in [0, 0.05) is 11.1 Å². The Morgan fingerprint density at radius 1 is 1.75 bits per heavy atom. The van der Waals surface area contributed by atoms with E-state index < -0.39 is 11.0 Å². The number of aromatic nitrogens is 2. The molecule has 1 heterocycles. The summed E-state index contributed by atoms with van der Waals surface area (Å²) in [4.78, 5) is 13.5. The number of nitrogens with one attached hydrogen (secondary N) is 1. The third kappa shape index (κ3) is 4.88. The first-order chi connectivity index (χ1) is 7.15. The van der Waals surface area contributed by atoms with Crippen LogP contribution in [0, 0.1) is 10.1 Å². The molecule has 7 nitrogen and oxygen atoms in total. The fraction of sp³-hybridized carbons (Fsp3) is 0.571. The summed E-state index contributed by atoms with van der Waals surface area (Å²) in [5.41, 5.74) is 0. The van der Waals surface area contributed by atoms with E-state index in [1.54, 1.807) is 0 Å². The number of hydrogen-bond acceptors (Lipinski definition) is 5. The number of halogens is 2. The van der Waals surface area contributed by atoms with Crippen LogP contribution in [-0.4, -0.2) is 36.8 Å². The number of nitro groups is 1. The summed E-state index contributed by atoms with van der Waals surface area (Å²) in [6.07, 6.45) is 2.16. The minimum absolute atomic E-state index is 0. The van der Waals surface area contributed by atoms with E-state index in [1.165, 1.54) is 17.0 Å². The third-order valence-electron chi connectivity index (χ3n) is 1.74. The van der Waals surface area contributed by atoms with Gasteiger partial charge in [0.2, 0.25) is 0 Å². The summed E-state index contributed by atoms with van der Waals surface area (Å²) in [5.74, 6) is -0.247. The molecule has 1 aromatic rings. The SMILES string of the molecule is I.O=[N+]([O-])c1nccn1CC(O)CNCI. The van der Waals surface area contributed by atoms with Crippen LogP contribution in [-0.2, 0) is 6.54 Å². The molecule has 1 unspecified atom stereocenters. The number of rotatable bonds is 6. The molecule has 0 spiro atoms. The molecule has 0 aromatic carbocycles. The molecule has 9 heteroatoms. The standard InChI is InChI=1S/C7H11IN4O3.HI/c8-5-9-3-6(13)4-11-2-1-10-7(11)12(14)15;/h1-2,6,9,13H,3-5H2;1H. The first-order valence-corrected chi connectivity index (χ1v) is 5.78. The van der Waals surface area contributed by atoms with Crippen LogP contribution in [0.3, 0.4) is 0 Å². The molecule has 0 saturated carbocycles. The van der Waals surface area contributed by atoms with Crippen molar-refractivity contribution in [2.75, 3.05) is 11.1 Å². The Bertz CT molecular complexity index is 333. The molecular formula is C7H12I2N4O3. The van der Waals surface area contributed by atoms with Crippen molar-refractivity contribution in [1.29, 1.82) is 0 Å². The molecule has 92 valence electrons. The van der Waals surface area contributed by atoms with Crippen LogP contribution in [0.5, 0.6) is 0 Å². The molecule has 1 atom stereocenters. The quantitative estimate of drug-likeness (QED) is 0.218. The van der Waals surface area contributed by atoms with Crippen LogP contribution in [0.25, 0.3) is 0 Å². The highest BCUT2D eigenvalue weighted by molar-refractivity contribution is 14.1. The Labute approximate surface area is 123 Å². The Morgan fingerprint density at radius 2 is 2.44 bits per heavy atom. The third-order valence-corrected chi connectivity index (χ3v) is 2.28. The molecule has 0 amide bonds. The topological polar surface area (TPSA) is 93.2 Å². The second-order valence-electron chi connectivity index (χ2n) is 2.88. The van der Waals surface area contributed by atoms with Crippen molar-refractivity contribution in [3.05, 3.63) is 22.5 Å². The fourth-order valence-corrected chi connectivity index (χ4v) is 1.44. The number of aliphatic hydroxyl groups excluding tert-OH is 1. The van der Waals surface area contributed by atoms with Crippen molar-refractivity contribution in [3.63, 3.8) is 0 Å². The van der Waals surface area contributed by atoms with Gasteiger partial charge in [-0.2, -0.15) is 0 Å². The van der Waals surface area contributed by atoms with Gasteiger partial charge in [-0.25, -0.2) is 4.57 Å². The van der Waals surface area contributed by atoms with Crippen molar-refractivity contribution >= 4 is 52.5 Å². The monoisotopic (exact) mass is 454 g/mol. The molecular weight excluding hydrogens is 442 g/mol.